The highest BCUT2D eigenvalue weighted by Crippen LogP contribution is 2.32. The van der Waals surface area contributed by atoms with Crippen LogP contribution in [0.1, 0.15) is 15.9 Å². The monoisotopic (exact) mass is 455 g/mol. The van der Waals surface area contributed by atoms with E-state index in [4.69, 9.17) is 11.6 Å². The van der Waals surface area contributed by atoms with Gasteiger partial charge in [-0.25, -0.2) is 0 Å². The van der Waals surface area contributed by atoms with Crippen LogP contribution in [0.25, 0.3) is 22.4 Å². The molecule has 0 radical (unpaired) electrons. The van der Waals surface area contributed by atoms with Crippen LogP contribution in [0.15, 0.2) is 90.0 Å². The second-order valence-corrected chi connectivity index (χ2v) is 8.25. The van der Waals surface area contributed by atoms with Gasteiger partial charge in [0, 0.05) is 27.9 Å². The fourth-order valence-electron chi connectivity index (χ4n) is 3.36. The highest BCUT2D eigenvalue weighted by atomic mass is 35.5. The summed E-state index contributed by atoms with van der Waals surface area (Å²) in [6.45, 7) is 0. The number of hydrogen-bond donors (Lipinski definition) is 1. The Morgan fingerprint density at radius 1 is 1.00 bits per heavy atom. The SMILES string of the molecule is CSc1ccc(C(=O)Nc2ccc(Cl)c(-c3ccccn3)c2)c(-c2cccc(C#N)c2)c1. The average molecular weight is 456 g/mol. The van der Waals surface area contributed by atoms with Gasteiger partial charge in [-0.1, -0.05) is 29.8 Å². The number of pyridine rings is 1. The molecule has 1 N–H and O–H groups in total. The molecule has 0 bridgehead atoms. The van der Waals surface area contributed by atoms with Crippen molar-refractivity contribution in [1.82, 2.24) is 4.98 Å². The lowest BCUT2D eigenvalue weighted by Gasteiger charge is -2.13. The molecule has 0 saturated heterocycles. The Bertz CT molecular complexity index is 1330. The van der Waals surface area contributed by atoms with Crippen LogP contribution in [0.4, 0.5) is 5.69 Å². The van der Waals surface area contributed by atoms with Crippen LogP contribution in [-0.2, 0) is 0 Å². The Morgan fingerprint density at radius 3 is 2.62 bits per heavy atom. The molecular weight excluding hydrogens is 438 g/mol. The predicted octanol–water partition coefficient (Wildman–Crippen LogP) is 6.91. The summed E-state index contributed by atoms with van der Waals surface area (Å²) in [6.07, 6.45) is 3.68. The van der Waals surface area contributed by atoms with Gasteiger partial charge in [0.15, 0.2) is 0 Å². The molecular formula is C26H18ClN3OS. The molecule has 0 aliphatic rings. The molecule has 1 heterocycles. The van der Waals surface area contributed by atoms with Gasteiger partial charge in [-0.2, -0.15) is 5.26 Å². The maximum absolute atomic E-state index is 13.3. The molecule has 1 amide bonds. The number of nitrogens with zero attached hydrogens (tertiary/aromatic N) is 2. The van der Waals surface area contributed by atoms with E-state index in [2.05, 4.69) is 16.4 Å². The first-order valence-electron chi connectivity index (χ1n) is 9.80. The first-order valence-corrected chi connectivity index (χ1v) is 11.4. The van der Waals surface area contributed by atoms with E-state index in [-0.39, 0.29) is 5.91 Å². The summed E-state index contributed by atoms with van der Waals surface area (Å²) < 4.78 is 0. The molecule has 0 atom stereocenters. The van der Waals surface area contributed by atoms with E-state index in [9.17, 15) is 10.1 Å². The number of rotatable bonds is 5. The zero-order chi connectivity index (χ0) is 22.5. The first-order chi connectivity index (χ1) is 15.6. The minimum atomic E-state index is -0.246. The summed E-state index contributed by atoms with van der Waals surface area (Å²) in [7, 11) is 0. The number of amides is 1. The van der Waals surface area contributed by atoms with Crippen LogP contribution in [0.5, 0.6) is 0 Å². The Labute approximate surface area is 195 Å². The molecule has 3 aromatic carbocycles. The summed E-state index contributed by atoms with van der Waals surface area (Å²) in [6, 6.07) is 26.0. The van der Waals surface area contributed by atoms with Gasteiger partial charge in [0.25, 0.3) is 5.91 Å². The molecule has 0 unspecified atom stereocenters. The lowest BCUT2D eigenvalue weighted by Crippen LogP contribution is -2.13. The summed E-state index contributed by atoms with van der Waals surface area (Å²) in [4.78, 5) is 18.6. The van der Waals surface area contributed by atoms with Crippen molar-refractivity contribution in [3.8, 4) is 28.5 Å². The Kier molecular flexibility index (Phi) is 6.55. The highest BCUT2D eigenvalue weighted by molar-refractivity contribution is 7.98. The third kappa shape index (κ3) is 4.67. The van der Waals surface area contributed by atoms with Gasteiger partial charge in [0.05, 0.1) is 22.3 Å². The van der Waals surface area contributed by atoms with Crippen molar-refractivity contribution in [3.63, 3.8) is 0 Å². The second-order valence-electron chi connectivity index (χ2n) is 6.97. The van der Waals surface area contributed by atoms with Gasteiger partial charge in [0.2, 0.25) is 0 Å². The van der Waals surface area contributed by atoms with E-state index < -0.39 is 0 Å². The van der Waals surface area contributed by atoms with E-state index in [0.717, 1.165) is 27.3 Å². The third-order valence-electron chi connectivity index (χ3n) is 4.94. The molecule has 0 spiro atoms. The summed E-state index contributed by atoms with van der Waals surface area (Å²) in [5, 5.41) is 12.8. The smallest absolute Gasteiger partial charge is 0.256 e. The predicted molar refractivity (Wildman–Crippen MR) is 131 cm³/mol. The van der Waals surface area contributed by atoms with Crippen molar-refractivity contribution in [2.24, 2.45) is 0 Å². The van der Waals surface area contributed by atoms with Crippen molar-refractivity contribution >= 4 is 35.0 Å². The molecule has 32 heavy (non-hydrogen) atoms. The van der Waals surface area contributed by atoms with Crippen molar-refractivity contribution in [2.75, 3.05) is 11.6 Å². The molecule has 1 aromatic heterocycles. The maximum Gasteiger partial charge on any atom is 0.256 e. The fraction of sp³-hybridized carbons (Fsp3) is 0.0385. The van der Waals surface area contributed by atoms with E-state index >= 15 is 0 Å². The van der Waals surface area contributed by atoms with Crippen molar-refractivity contribution in [3.05, 3.63) is 101 Å². The number of carbonyl (C=O) groups is 1. The molecule has 4 nitrogen and oxygen atoms in total. The molecule has 4 rings (SSSR count). The third-order valence-corrected chi connectivity index (χ3v) is 5.99. The Balaban J connectivity index is 1.71. The van der Waals surface area contributed by atoms with Gasteiger partial charge < -0.3 is 5.32 Å². The standard InChI is InChI=1S/C26H18ClN3OS/c1-32-20-9-10-21(22(15-20)18-6-4-5-17(13-18)16-28)26(31)30-19-8-11-24(27)23(14-19)25-7-2-3-12-29-25/h2-15H,1H3,(H,30,31). The number of halogens is 1. The van der Waals surface area contributed by atoms with Gasteiger partial charge in [-0.15, -0.1) is 11.8 Å². The Morgan fingerprint density at radius 2 is 1.88 bits per heavy atom. The number of aromatic nitrogens is 1. The summed E-state index contributed by atoms with van der Waals surface area (Å²) in [5.41, 5.74) is 4.73. The van der Waals surface area contributed by atoms with Crippen molar-refractivity contribution in [1.29, 1.82) is 5.26 Å². The van der Waals surface area contributed by atoms with E-state index in [0.29, 0.717) is 21.8 Å². The Hall–Kier alpha value is -3.59. The number of nitrogens with one attached hydrogen (secondary N) is 1. The quantitative estimate of drug-likeness (QED) is 0.332. The first kappa shape index (κ1) is 21.6. The minimum absolute atomic E-state index is 0.246. The number of carbonyl (C=O) groups excluding carboxylic acids is 1. The average Bonchev–Trinajstić information content (AvgIpc) is 2.85. The van der Waals surface area contributed by atoms with Crippen LogP contribution >= 0.6 is 23.4 Å². The van der Waals surface area contributed by atoms with Crippen LogP contribution in [0.3, 0.4) is 0 Å². The van der Waals surface area contributed by atoms with E-state index in [1.807, 2.05) is 60.9 Å². The number of anilines is 1. The highest BCUT2D eigenvalue weighted by Gasteiger charge is 2.16. The van der Waals surface area contributed by atoms with Gasteiger partial charge in [-0.3, -0.25) is 9.78 Å². The van der Waals surface area contributed by atoms with Crippen LogP contribution in [-0.4, -0.2) is 17.1 Å². The lowest BCUT2D eigenvalue weighted by atomic mass is 9.97. The number of thioether (sulfide) groups is 1. The normalized spacial score (nSPS) is 10.4. The van der Waals surface area contributed by atoms with Crippen molar-refractivity contribution < 1.29 is 4.79 Å². The van der Waals surface area contributed by atoms with Crippen molar-refractivity contribution in [2.45, 2.75) is 4.90 Å². The van der Waals surface area contributed by atoms with Crippen LogP contribution in [0.2, 0.25) is 5.02 Å². The topological polar surface area (TPSA) is 65.8 Å². The van der Waals surface area contributed by atoms with E-state index in [1.165, 1.54) is 0 Å². The minimum Gasteiger partial charge on any atom is -0.322 e. The molecule has 0 aliphatic carbocycles. The fourth-order valence-corrected chi connectivity index (χ4v) is 4.02. The second kappa shape index (κ2) is 9.69. The number of hydrogen-bond acceptors (Lipinski definition) is 4. The zero-order valence-corrected chi connectivity index (χ0v) is 18.7. The van der Waals surface area contributed by atoms with Gasteiger partial charge >= 0.3 is 0 Å². The van der Waals surface area contributed by atoms with E-state index in [1.54, 1.807) is 42.2 Å². The zero-order valence-electron chi connectivity index (χ0n) is 17.2. The number of benzene rings is 3. The molecule has 0 aliphatic heterocycles. The lowest BCUT2D eigenvalue weighted by molar-refractivity contribution is 0.102. The summed E-state index contributed by atoms with van der Waals surface area (Å²) in [5.74, 6) is -0.246. The van der Waals surface area contributed by atoms with Gasteiger partial charge in [0.1, 0.15) is 0 Å². The molecule has 0 fully saturated rings. The largest absolute Gasteiger partial charge is 0.322 e. The maximum atomic E-state index is 13.3. The van der Waals surface area contributed by atoms with Gasteiger partial charge in [-0.05, 0) is 78.0 Å². The molecule has 6 heteroatoms. The molecule has 0 saturated carbocycles. The van der Waals surface area contributed by atoms with Crippen LogP contribution < -0.4 is 5.32 Å². The molecule has 156 valence electrons. The molecule has 4 aromatic rings. The number of nitriles is 1. The summed E-state index contributed by atoms with van der Waals surface area (Å²) >= 11 is 7.96. The van der Waals surface area contributed by atoms with Crippen LogP contribution in [0, 0.1) is 11.3 Å².